The van der Waals surface area contributed by atoms with Gasteiger partial charge in [0.05, 0.1) is 0 Å². The molecule has 1 aromatic heterocycles. The van der Waals surface area contributed by atoms with E-state index in [9.17, 15) is 9.59 Å². The van der Waals surface area contributed by atoms with Crippen molar-refractivity contribution in [3.8, 4) is 11.5 Å². The highest BCUT2D eigenvalue weighted by atomic mass is 16.6. The van der Waals surface area contributed by atoms with Crippen molar-refractivity contribution in [1.82, 2.24) is 9.78 Å². The van der Waals surface area contributed by atoms with Crippen LogP contribution in [0.15, 0.2) is 35.1 Å². The summed E-state index contributed by atoms with van der Waals surface area (Å²) in [6.45, 7) is 2.51. The van der Waals surface area contributed by atoms with Crippen LogP contribution in [0.2, 0.25) is 0 Å². The maximum atomic E-state index is 12.6. The fraction of sp³-hybridized carbons (Fsp3) is 0.421. The van der Waals surface area contributed by atoms with E-state index in [4.69, 9.17) is 9.47 Å². The van der Waals surface area contributed by atoms with Crippen LogP contribution < -0.4 is 25.2 Å². The van der Waals surface area contributed by atoms with E-state index in [1.54, 1.807) is 19.2 Å². The van der Waals surface area contributed by atoms with E-state index < -0.39 is 0 Å². The Hall–Kier alpha value is -3.03. The molecule has 0 bridgehead atoms. The minimum absolute atomic E-state index is 0.0137. The van der Waals surface area contributed by atoms with Gasteiger partial charge in [-0.2, -0.15) is 5.10 Å². The Morgan fingerprint density at radius 2 is 1.85 bits per heavy atom. The summed E-state index contributed by atoms with van der Waals surface area (Å²) in [5.41, 5.74) is 0.582. The van der Waals surface area contributed by atoms with Crippen molar-refractivity contribution in [2.45, 2.75) is 12.8 Å². The highest BCUT2D eigenvalue weighted by Gasteiger charge is 2.26. The van der Waals surface area contributed by atoms with Crippen LogP contribution in [0.25, 0.3) is 0 Å². The second-order valence-corrected chi connectivity index (χ2v) is 6.76. The van der Waals surface area contributed by atoms with Crippen molar-refractivity contribution in [1.29, 1.82) is 0 Å². The average molecular weight is 370 g/mol. The highest BCUT2D eigenvalue weighted by Crippen LogP contribution is 2.33. The number of anilines is 2. The summed E-state index contributed by atoms with van der Waals surface area (Å²) in [4.78, 5) is 26.2. The zero-order chi connectivity index (χ0) is 18.8. The molecular weight excluding hydrogens is 348 g/mol. The summed E-state index contributed by atoms with van der Waals surface area (Å²) in [6, 6.07) is 8.70. The Kier molecular flexibility index (Phi) is 4.70. The van der Waals surface area contributed by atoms with Gasteiger partial charge in [0, 0.05) is 43.9 Å². The fourth-order valence-corrected chi connectivity index (χ4v) is 3.39. The minimum atomic E-state index is -0.132. The van der Waals surface area contributed by atoms with Gasteiger partial charge in [0.2, 0.25) is 5.91 Å². The summed E-state index contributed by atoms with van der Waals surface area (Å²) in [6.07, 6.45) is 1.47. The second kappa shape index (κ2) is 7.30. The lowest BCUT2D eigenvalue weighted by Crippen LogP contribution is -2.39. The molecule has 4 rings (SSSR count). The molecule has 1 aromatic carbocycles. The molecule has 1 N–H and O–H groups in total. The number of amides is 1. The van der Waals surface area contributed by atoms with Gasteiger partial charge in [-0.3, -0.25) is 9.59 Å². The topological polar surface area (TPSA) is 85.7 Å². The van der Waals surface area contributed by atoms with Gasteiger partial charge in [-0.05, 0) is 31.0 Å². The minimum Gasteiger partial charge on any atom is -0.486 e. The Bertz CT molecular complexity index is 903. The maximum absolute atomic E-state index is 12.6. The number of hydrogen-bond acceptors (Lipinski definition) is 6. The molecule has 2 aliphatic heterocycles. The number of piperidine rings is 1. The fourth-order valence-electron chi connectivity index (χ4n) is 3.39. The third-order valence-corrected chi connectivity index (χ3v) is 4.95. The molecule has 8 heteroatoms. The molecule has 27 heavy (non-hydrogen) atoms. The summed E-state index contributed by atoms with van der Waals surface area (Å²) in [7, 11) is 1.64. The number of aryl methyl sites for hydroxylation is 1. The van der Waals surface area contributed by atoms with E-state index in [2.05, 4.69) is 15.3 Å². The third-order valence-electron chi connectivity index (χ3n) is 4.95. The van der Waals surface area contributed by atoms with E-state index in [1.807, 2.05) is 12.1 Å². The number of carbonyl (C=O) groups excluding carboxylic acids is 1. The van der Waals surface area contributed by atoms with E-state index in [0.29, 0.717) is 30.4 Å². The number of nitrogens with zero attached hydrogens (tertiary/aromatic N) is 3. The van der Waals surface area contributed by atoms with E-state index >= 15 is 0 Å². The van der Waals surface area contributed by atoms with Crippen LogP contribution in [0.3, 0.4) is 0 Å². The lowest BCUT2D eigenvalue weighted by Gasteiger charge is -2.32. The molecule has 2 aromatic rings. The van der Waals surface area contributed by atoms with Crippen LogP contribution in [0.4, 0.5) is 11.5 Å². The van der Waals surface area contributed by atoms with Gasteiger partial charge in [0.1, 0.15) is 19.0 Å². The standard InChI is InChI=1S/C19H22N4O4/c1-22-18(24)5-4-17(21-22)23-8-6-13(7-9-23)19(25)20-14-2-3-15-16(12-14)27-11-10-26-15/h2-5,12-13H,6-11H2,1H3,(H,20,25). The lowest BCUT2D eigenvalue weighted by molar-refractivity contribution is -0.120. The van der Waals surface area contributed by atoms with Crippen LogP contribution in [0.1, 0.15) is 12.8 Å². The molecule has 0 radical (unpaired) electrons. The molecule has 8 nitrogen and oxygen atoms in total. The molecule has 0 atom stereocenters. The number of ether oxygens (including phenoxy) is 2. The zero-order valence-electron chi connectivity index (χ0n) is 15.2. The number of benzene rings is 1. The molecule has 1 saturated heterocycles. The molecular formula is C19H22N4O4. The maximum Gasteiger partial charge on any atom is 0.266 e. The van der Waals surface area contributed by atoms with Gasteiger partial charge in [0.25, 0.3) is 5.56 Å². The van der Waals surface area contributed by atoms with Crippen molar-refractivity contribution in [2.24, 2.45) is 13.0 Å². The Morgan fingerprint density at radius 1 is 1.11 bits per heavy atom. The summed E-state index contributed by atoms with van der Waals surface area (Å²) < 4.78 is 12.4. The predicted octanol–water partition coefficient (Wildman–Crippen LogP) is 1.41. The zero-order valence-corrected chi connectivity index (χ0v) is 15.2. The molecule has 1 amide bonds. The lowest BCUT2D eigenvalue weighted by atomic mass is 9.96. The van der Waals surface area contributed by atoms with Crippen molar-refractivity contribution < 1.29 is 14.3 Å². The van der Waals surface area contributed by atoms with E-state index in [-0.39, 0.29) is 17.4 Å². The largest absolute Gasteiger partial charge is 0.486 e. The molecule has 142 valence electrons. The number of carbonyl (C=O) groups is 1. The Morgan fingerprint density at radius 3 is 2.59 bits per heavy atom. The number of hydrogen-bond donors (Lipinski definition) is 1. The molecule has 0 aliphatic carbocycles. The van der Waals surface area contributed by atoms with Gasteiger partial charge in [-0.1, -0.05) is 0 Å². The van der Waals surface area contributed by atoms with E-state index in [0.717, 1.165) is 31.7 Å². The van der Waals surface area contributed by atoms with Gasteiger partial charge < -0.3 is 19.7 Å². The van der Waals surface area contributed by atoms with Gasteiger partial charge >= 0.3 is 0 Å². The number of rotatable bonds is 3. The first-order valence-corrected chi connectivity index (χ1v) is 9.10. The number of aromatic nitrogens is 2. The second-order valence-electron chi connectivity index (χ2n) is 6.76. The van der Waals surface area contributed by atoms with Crippen LogP contribution in [0.5, 0.6) is 11.5 Å². The molecule has 0 saturated carbocycles. The molecule has 0 unspecified atom stereocenters. The van der Waals surface area contributed by atoms with Crippen LogP contribution in [0, 0.1) is 5.92 Å². The van der Waals surface area contributed by atoms with Crippen molar-refractivity contribution in [3.05, 3.63) is 40.7 Å². The molecule has 0 spiro atoms. The molecule has 3 heterocycles. The third kappa shape index (κ3) is 3.74. The molecule has 1 fully saturated rings. The van der Waals surface area contributed by atoms with Crippen LogP contribution in [-0.2, 0) is 11.8 Å². The van der Waals surface area contributed by atoms with Gasteiger partial charge in [0.15, 0.2) is 11.5 Å². The SMILES string of the molecule is Cn1nc(N2CCC(C(=O)Nc3ccc4c(c3)OCCO4)CC2)ccc1=O. The Balaban J connectivity index is 1.36. The predicted molar refractivity (Wildman–Crippen MR) is 100 cm³/mol. The smallest absolute Gasteiger partial charge is 0.266 e. The first-order valence-electron chi connectivity index (χ1n) is 9.10. The van der Waals surface area contributed by atoms with Crippen molar-refractivity contribution in [3.63, 3.8) is 0 Å². The highest BCUT2D eigenvalue weighted by molar-refractivity contribution is 5.93. The van der Waals surface area contributed by atoms with Crippen LogP contribution >= 0.6 is 0 Å². The first kappa shape index (κ1) is 17.4. The van der Waals surface area contributed by atoms with Crippen molar-refractivity contribution >= 4 is 17.4 Å². The number of nitrogens with one attached hydrogen (secondary N) is 1. The summed E-state index contributed by atoms with van der Waals surface area (Å²) in [5, 5.41) is 7.26. The summed E-state index contributed by atoms with van der Waals surface area (Å²) >= 11 is 0. The summed E-state index contributed by atoms with van der Waals surface area (Å²) in [5.74, 6) is 2.09. The first-order chi connectivity index (χ1) is 13.1. The quantitative estimate of drug-likeness (QED) is 0.879. The van der Waals surface area contributed by atoms with Crippen LogP contribution in [-0.4, -0.2) is 42.0 Å². The van der Waals surface area contributed by atoms with Gasteiger partial charge in [-0.25, -0.2) is 4.68 Å². The monoisotopic (exact) mass is 370 g/mol. The van der Waals surface area contributed by atoms with Crippen molar-refractivity contribution in [2.75, 3.05) is 36.5 Å². The number of fused-ring (bicyclic) bond motifs is 1. The van der Waals surface area contributed by atoms with E-state index in [1.165, 1.54) is 10.7 Å². The van der Waals surface area contributed by atoms with Gasteiger partial charge in [-0.15, -0.1) is 0 Å². The average Bonchev–Trinajstić information content (AvgIpc) is 2.70. The normalized spacial score (nSPS) is 16.9. The Labute approximate surface area is 156 Å². The molecule has 2 aliphatic rings.